The van der Waals surface area contributed by atoms with E-state index in [4.69, 9.17) is 0 Å². The van der Waals surface area contributed by atoms with Crippen molar-refractivity contribution in [1.29, 1.82) is 0 Å². The lowest BCUT2D eigenvalue weighted by Crippen LogP contribution is -1.71. The Balaban J connectivity index is 3.66. The summed E-state index contributed by atoms with van der Waals surface area (Å²) in [5.41, 5.74) is 1.31. The maximum atomic E-state index is 10.1. The Labute approximate surface area is 52.0 Å². The number of hydrogen-bond donors (Lipinski definition) is 0. The van der Waals surface area contributed by atoms with Crippen LogP contribution in [0.15, 0.2) is 11.4 Å². The molecule has 0 aromatic rings. The van der Waals surface area contributed by atoms with Gasteiger partial charge >= 0.3 is 0 Å². The molecule has 0 saturated heterocycles. The summed E-state index contributed by atoms with van der Waals surface area (Å²) in [6.45, 7) is 4.18. The van der Waals surface area contributed by atoms with E-state index in [2.05, 4.69) is 13.8 Å². The normalized spacial score (nSPS) is 10.2. The van der Waals surface area contributed by atoms with E-state index in [0.717, 1.165) is 12.8 Å². The highest BCUT2D eigenvalue weighted by Crippen LogP contribution is 2.09. The van der Waals surface area contributed by atoms with E-state index < -0.39 is 8.46 Å². The molecule has 0 bridgehead atoms. The first-order chi connectivity index (χ1) is 3.85. The molecule has 48 valence electrons. The quantitative estimate of drug-likeness (QED) is 0.539. The zero-order valence-corrected chi connectivity index (χ0v) is 6.63. The van der Waals surface area contributed by atoms with Gasteiger partial charge in [0.25, 0.3) is 0 Å². The summed E-state index contributed by atoms with van der Waals surface area (Å²) in [7, 11) is -0.664. The Morgan fingerprint density at radius 2 is 2.00 bits per heavy atom. The van der Waals surface area contributed by atoms with Crippen molar-refractivity contribution in [2.75, 3.05) is 0 Å². The van der Waals surface area contributed by atoms with Crippen molar-refractivity contribution in [3.63, 3.8) is 0 Å². The van der Waals surface area contributed by atoms with Gasteiger partial charge in [0.05, 0.1) is 8.46 Å². The molecule has 0 spiro atoms. The minimum absolute atomic E-state index is 0.664. The summed E-state index contributed by atoms with van der Waals surface area (Å²) < 4.78 is 10.1. The fourth-order valence-electron chi connectivity index (χ4n) is 0.582. The molecule has 1 nitrogen and oxygen atoms in total. The molecular formula is C6H13OP. The van der Waals surface area contributed by atoms with Gasteiger partial charge in [-0.05, 0) is 18.7 Å². The van der Waals surface area contributed by atoms with E-state index in [1.807, 2.05) is 5.82 Å². The second kappa shape index (κ2) is 5.11. The van der Waals surface area contributed by atoms with Gasteiger partial charge in [-0.15, -0.1) is 0 Å². The fraction of sp³-hybridized carbons (Fsp3) is 0.667. The van der Waals surface area contributed by atoms with Crippen LogP contribution in [0, 0.1) is 0 Å². The standard InChI is InChI=1S/C6H13OP/c1-3-6(4-2)5-8-7/h5H,3-4,8H2,1-2H3. The van der Waals surface area contributed by atoms with Crippen LogP contribution in [0.5, 0.6) is 0 Å². The molecule has 0 saturated carbocycles. The van der Waals surface area contributed by atoms with Crippen LogP contribution in [-0.4, -0.2) is 0 Å². The largest absolute Gasteiger partial charge is 0.326 e. The van der Waals surface area contributed by atoms with Crippen molar-refractivity contribution in [2.24, 2.45) is 0 Å². The predicted octanol–water partition coefficient (Wildman–Crippen LogP) is 2.45. The van der Waals surface area contributed by atoms with Crippen molar-refractivity contribution in [3.05, 3.63) is 11.4 Å². The first kappa shape index (κ1) is 7.97. The van der Waals surface area contributed by atoms with E-state index in [0.29, 0.717) is 0 Å². The zero-order chi connectivity index (χ0) is 6.41. The SMILES string of the molecule is CCC(=C[PH2]=O)CC. The van der Waals surface area contributed by atoms with Crippen LogP contribution >= 0.6 is 8.46 Å². The summed E-state index contributed by atoms with van der Waals surface area (Å²) in [5.74, 6) is 1.85. The summed E-state index contributed by atoms with van der Waals surface area (Å²) in [4.78, 5) is 0. The molecule has 0 rings (SSSR count). The van der Waals surface area contributed by atoms with Crippen LogP contribution in [-0.2, 0) is 4.57 Å². The third kappa shape index (κ3) is 3.04. The minimum atomic E-state index is -0.664. The van der Waals surface area contributed by atoms with Crippen molar-refractivity contribution >= 4 is 8.46 Å². The van der Waals surface area contributed by atoms with Crippen LogP contribution in [0.25, 0.3) is 0 Å². The third-order valence-corrected chi connectivity index (χ3v) is 1.82. The molecule has 0 radical (unpaired) electrons. The molecule has 0 aliphatic carbocycles. The zero-order valence-electron chi connectivity index (χ0n) is 5.48. The molecule has 0 aromatic carbocycles. The molecule has 0 aromatic heterocycles. The van der Waals surface area contributed by atoms with Gasteiger partial charge in [-0.1, -0.05) is 19.4 Å². The van der Waals surface area contributed by atoms with Crippen LogP contribution in [0.1, 0.15) is 26.7 Å². The van der Waals surface area contributed by atoms with Gasteiger partial charge in [0, 0.05) is 0 Å². The van der Waals surface area contributed by atoms with Gasteiger partial charge in [0.1, 0.15) is 0 Å². The average Bonchev–Trinajstić information content (AvgIpc) is 1.83. The fourth-order valence-corrected chi connectivity index (χ4v) is 1.25. The Morgan fingerprint density at radius 3 is 2.12 bits per heavy atom. The molecule has 0 heterocycles. The molecule has 0 amide bonds. The van der Waals surface area contributed by atoms with E-state index in [-0.39, 0.29) is 0 Å². The molecule has 1 unspecified atom stereocenters. The number of rotatable bonds is 3. The molecule has 1 atom stereocenters. The first-order valence-electron chi connectivity index (χ1n) is 2.98. The highest BCUT2D eigenvalue weighted by Gasteiger charge is 1.84. The Morgan fingerprint density at radius 1 is 1.50 bits per heavy atom. The van der Waals surface area contributed by atoms with Gasteiger partial charge < -0.3 is 4.57 Å². The lowest BCUT2D eigenvalue weighted by Gasteiger charge is -1.93. The third-order valence-electron chi connectivity index (χ3n) is 1.21. The minimum Gasteiger partial charge on any atom is -0.326 e. The van der Waals surface area contributed by atoms with E-state index in [9.17, 15) is 4.57 Å². The number of allylic oxidation sites excluding steroid dienone is 1. The maximum Gasteiger partial charge on any atom is 0.0851 e. The van der Waals surface area contributed by atoms with Crippen molar-refractivity contribution in [1.82, 2.24) is 0 Å². The molecule has 0 aliphatic rings. The Bertz CT molecular complexity index is 90.7. The molecule has 0 N–H and O–H groups in total. The highest BCUT2D eigenvalue weighted by atomic mass is 31.1. The van der Waals surface area contributed by atoms with Gasteiger partial charge in [-0.2, -0.15) is 0 Å². The number of hydrogen-bond acceptors (Lipinski definition) is 1. The van der Waals surface area contributed by atoms with E-state index >= 15 is 0 Å². The van der Waals surface area contributed by atoms with Gasteiger partial charge in [-0.25, -0.2) is 0 Å². The molecule has 2 heteroatoms. The smallest absolute Gasteiger partial charge is 0.0851 e. The Kier molecular flexibility index (Phi) is 5.09. The summed E-state index contributed by atoms with van der Waals surface area (Å²) in [6.07, 6.45) is 2.09. The monoisotopic (exact) mass is 132 g/mol. The second-order valence-corrected chi connectivity index (χ2v) is 2.27. The predicted molar refractivity (Wildman–Crippen MR) is 39.1 cm³/mol. The van der Waals surface area contributed by atoms with Crippen molar-refractivity contribution in [2.45, 2.75) is 26.7 Å². The average molecular weight is 132 g/mol. The van der Waals surface area contributed by atoms with Crippen LogP contribution < -0.4 is 0 Å². The van der Waals surface area contributed by atoms with E-state index in [1.54, 1.807) is 0 Å². The maximum absolute atomic E-state index is 10.1. The topological polar surface area (TPSA) is 17.1 Å². The summed E-state index contributed by atoms with van der Waals surface area (Å²) in [5, 5.41) is 0. The highest BCUT2D eigenvalue weighted by molar-refractivity contribution is 7.27. The van der Waals surface area contributed by atoms with Gasteiger partial charge in [0.15, 0.2) is 0 Å². The van der Waals surface area contributed by atoms with Gasteiger partial charge in [0.2, 0.25) is 0 Å². The van der Waals surface area contributed by atoms with Crippen LogP contribution in [0.2, 0.25) is 0 Å². The summed E-state index contributed by atoms with van der Waals surface area (Å²) in [6, 6.07) is 0. The molecule has 0 fully saturated rings. The summed E-state index contributed by atoms with van der Waals surface area (Å²) >= 11 is 0. The molecule has 8 heavy (non-hydrogen) atoms. The van der Waals surface area contributed by atoms with Crippen LogP contribution in [0.3, 0.4) is 0 Å². The molecular weight excluding hydrogens is 119 g/mol. The van der Waals surface area contributed by atoms with Crippen LogP contribution in [0.4, 0.5) is 0 Å². The van der Waals surface area contributed by atoms with Crippen molar-refractivity contribution < 1.29 is 4.57 Å². The second-order valence-electron chi connectivity index (χ2n) is 1.67. The Hall–Kier alpha value is -0.0300. The lowest BCUT2D eigenvalue weighted by molar-refractivity contribution is 0.602. The van der Waals surface area contributed by atoms with Crippen molar-refractivity contribution in [3.8, 4) is 0 Å². The molecule has 0 aliphatic heterocycles. The van der Waals surface area contributed by atoms with E-state index in [1.165, 1.54) is 5.57 Å². The first-order valence-corrected chi connectivity index (χ1v) is 4.12. The van der Waals surface area contributed by atoms with Gasteiger partial charge in [-0.3, -0.25) is 0 Å². The lowest BCUT2D eigenvalue weighted by atomic mass is 10.2.